The maximum absolute atomic E-state index is 7.12. The Morgan fingerprint density at radius 1 is 0.277 bits per heavy atom. The monoisotopic (exact) mass is 830 g/mol. The Hall–Kier alpha value is -8.40. The minimum absolute atomic E-state index is 0.854. The third-order valence-electron chi connectivity index (χ3n) is 13.5. The fourth-order valence-electron chi connectivity index (χ4n) is 10.2. The summed E-state index contributed by atoms with van der Waals surface area (Å²) in [6.45, 7) is 4.28. The Kier molecular flexibility index (Phi) is 8.34. The van der Waals surface area contributed by atoms with Crippen molar-refractivity contribution in [2.24, 2.45) is 0 Å². The van der Waals surface area contributed by atoms with E-state index in [9.17, 15) is 0 Å². The van der Waals surface area contributed by atoms with Gasteiger partial charge >= 0.3 is 0 Å². The maximum atomic E-state index is 7.12. The van der Waals surface area contributed by atoms with Crippen molar-refractivity contribution < 1.29 is 4.42 Å². The van der Waals surface area contributed by atoms with Gasteiger partial charge in [-0.05, 0) is 152 Å². The smallest absolute Gasteiger partial charge is 0.143 e. The van der Waals surface area contributed by atoms with Crippen molar-refractivity contribution in [1.82, 2.24) is 0 Å². The third-order valence-corrected chi connectivity index (χ3v) is 13.5. The van der Waals surface area contributed by atoms with Gasteiger partial charge in [0.15, 0.2) is 0 Å². The number of hydrogen-bond acceptors (Lipinski definition) is 3. The predicted octanol–water partition coefficient (Wildman–Crippen LogP) is 18.1. The average Bonchev–Trinajstić information content (AvgIpc) is 3.75. The normalized spacial score (nSPS) is 11.8. The van der Waals surface area contributed by atoms with Crippen LogP contribution in [-0.4, -0.2) is 0 Å². The van der Waals surface area contributed by atoms with E-state index in [0.29, 0.717) is 0 Å². The van der Waals surface area contributed by atoms with Crippen LogP contribution in [0.25, 0.3) is 86.6 Å². The van der Waals surface area contributed by atoms with E-state index in [2.05, 4.69) is 242 Å². The van der Waals surface area contributed by atoms with Gasteiger partial charge in [-0.25, -0.2) is 0 Å². The number of nitrogens with zero attached hydrogens (tertiary/aromatic N) is 2. The Morgan fingerprint density at radius 3 is 1.20 bits per heavy atom. The summed E-state index contributed by atoms with van der Waals surface area (Å²) >= 11 is 0. The fourth-order valence-corrected chi connectivity index (χ4v) is 10.2. The molecular formula is C62H42N2O. The van der Waals surface area contributed by atoms with Crippen LogP contribution in [0.5, 0.6) is 0 Å². The van der Waals surface area contributed by atoms with Crippen molar-refractivity contribution in [3.05, 3.63) is 230 Å². The molecule has 0 unspecified atom stereocenters. The molecule has 13 aromatic rings. The highest BCUT2D eigenvalue weighted by atomic mass is 16.3. The number of furan rings is 1. The van der Waals surface area contributed by atoms with Gasteiger partial charge in [-0.1, -0.05) is 145 Å². The predicted molar refractivity (Wildman–Crippen MR) is 278 cm³/mol. The summed E-state index contributed by atoms with van der Waals surface area (Å²) in [5, 5.41) is 16.7. The Morgan fingerprint density at radius 2 is 0.662 bits per heavy atom. The molecule has 0 spiro atoms. The molecule has 1 aromatic heterocycles. The van der Waals surface area contributed by atoms with Crippen LogP contribution in [0.3, 0.4) is 0 Å². The van der Waals surface area contributed by atoms with Gasteiger partial charge in [0.2, 0.25) is 0 Å². The first-order chi connectivity index (χ1) is 32.0. The SMILES string of the molecule is Cc1ccc(N(c2ccc3c(c2)oc2c4ccc(N(c5ccc(C)cc5)c5ccc6ccc7ccccc7c6c5)cc4c4ccccc4c32)c2ccc3ccc4ccccc4c3c2)cc1. The van der Waals surface area contributed by atoms with Gasteiger partial charge in [-0.3, -0.25) is 0 Å². The van der Waals surface area contributed by atoms with Crippen LogP contribution in [0, 0.1) is 13.8 Å². The van der Waals surface area contributed by atoms with Gasteiger partial charge in [-0.15, -0.1) is 0 Å². The second-order valence-electron chi connectivity index (χ2n) is 17.5. The molecule has 0 aliphatic rings. The first-order valence-corrected chi connectivity index (χ1v) is 22.4. The summed E-state index contributed by atoms with van der Waals surface area (Å²) in [6, 6.07) is 79.9. The lowest BCUT2D eigenvalue weighted by Gasteiger charge is -2.26. The molecule has 0 saturated carbocycles. The van der Waals surface area contributed by atoms with E-state index in [1.54, 1.807) is 0 Å². The fraction of sp³-hybridized carbons (Fsp3) is 0.0323. The molecule has 0 saturated heterocycles. The number of rotatable bonds is 6. The quantitative estimate of drug-likeness (QED) is 0.156. The van der Waals surface area contributed by atoms with Crippen molar-refractivity contribution in [2.75, 3.05) is 9.80 Å². The van der Waals surface area contributed by atoms with Gasteiger partial charge in [0.1, 0.15) is 11.2 Å². The number of fused-ring (bicyclic) bond motifs is 14. The number of anilines is 6. The van der Waals surface area contributed by atoms with Gasteiger partial charge in [0.05, 0.1) is 0 Å². The van der Waals surface area contributed by atoms with Crippen LogP contribution in [-0.2, 0) is 0 Å². The lowest BCUT2D eigenvalue weighted by Crippen LogP contribution is -2.10. The minimum Gasteiger partial charge on any atom is -0.455 e. The van der Waals surface area contributed by atoms with E-state index >= 15 is 0 Å². The molecule has 13 rings (SSSR count). The van der Waals surface area contributed by atoms with Crippen molar-refractivity contribution in [3.8, 4) is 0 Å². The van der Waals surface area contributed by atoms with Gasteiger partial charge in [-0.2, -0.15) is 0 Å². The summed E-state index contributed by atoms with van der Waals surface area (Å²) in [7, 11) is 0. The second-order valence-corrected chi connectivity index (χ2v) is 17.5. The van der Waals surface area contributed by atoms with Crippen molar-refractivity contribution >= 4 is 121 Å². The number of aryl methyl sites for hydroxylation is 2. The summed E-state index contributed by atoms with van der Waals surface area (Å²) in [4.78, 5) is 4.74. The van der Waals surface area contributed by atoms with E-state index in [-0.39, 0.29) is 0 Å². The molecule has 0 radical (unpaired) electrons. The van der Waals surface area contributed by atoms with Gasteiger partial charge in [0, 0.05) is 56.3 Å². The number of benzene rings is 12. The average molecular weight is 831 g/mol. The van der Waals surface area contributed by atoms with Crippen LogP contribution in [0.4, 0.5) is 34.1 Å². The van der Waals surface area contributed by atoms with E-state index in [1.807, 2.05) is 0 Å². The first kappa shape index (κ1) is 37.2. The highest BCUT2D eigenvalue weighted by molar-refractivity contribution is 6.30. The lowest BCUT2D eigenvalue weighted by atomic mass is 9.96. The molecule has 65 heavy (non-hydrogen) atoms. The molecule has 3 nitrogen and oxygen atoms in total. The molecule has 0 bridgehead atoms. The zero-order valence-electron chi connectivity index (χ0n) is 36.1. The topological polar surface area (TPSA) is 19.6 Å². The zero-order valence-corrected chi connectivity index (χ0v) is 36.1. The summed E-state index contributed by atoms with van der Waals surface area (Å²) in [6.07, 6.45) is 0. The van der Waals surface area contributed by atoms with Crippen LogP contribution in [0.15, 0.2) is 223 Å². The van der Waals surface area contributed by atoms with Gasteiger partial charge < -0.3 is 14.2 Å². The second kappa shape index (κ2) is 14.6. The van der Waals surface area contributed by atoms with Crippen molar-refractivity contribution in [2.45, 2.75) is 13.8 Å². The molecule has 0 aliphatic heterocycles. The van der Waals surface area contributed by atoms with E-state index in [1.165, 1.54) is 65.0 Å². The molecule has 1 heterocycles. The molecule has 3 heteroatoms. The Balaban J connectivity index is 1.00. The Labute approximate surface area is 376 Å². The van der Waals surface area contributed by atoms with Gasteiger partial charge in [0.25, 0.3) is 0 Å². The Bertz CT molecular complexity index is 4030. The minimum atomic E-state index is 0.854. The van der Waals surface area contributed by atoms with Crippen molar-refractivity contribution in [3.63, 3.8) is 0 Å². The largest absolute Gasteiger partial charge is 0.455 e. The number of hydrogen-bond donors (Lipinski definition) is 0. The molecule has 0 amide bonds. The summed E-state index contributed by atoms with van der Waals surface area (Å²) in [5.41, 5.74) is 10.7. The molecule has 0 atom stereocenters. The van der Waals surface area contributed by atoms with E-state index in [0.717, 1.165) is 66.8 Å². The van der Waals surface area contributed by atoms with Crippen LogP contribution in [0.2, 0.25) is 0 Å². The standard InChI is InChI=1S/C62H42N2O/c1-39-15-25-45(26-16-39)63(47-29-23-43-21-19-41-9-3-5-11-51(41)57(43)35-47)49-31-33-55-59(37-49)53-13-7-8-14-54(53)61-56-34-32-50(38-60(56)65-62(55)61)64(46-27-17-40(2)18-28-46)48-30-24-44-22-20-42-10-4-6-12-52(42)58(44)36-48/h3-38H,1-2H3. The zero-order chi connectivity index (χ0) is 43.2. The molecule has 0 N–H and O–H groups in total. The molecule has 0 fully saturated rings. The molecular weight excluding hydrogens is 789 g/mol. The van der Waals surface area contributed by atoms with Crippen LogP contribution < -0.4 is 9.80 Å². The van der Waals surface area contributed by atoms with Crippen molar-refractivity contribution in [1.29, 1.82) is 0 Å². The first-order valence-electron chi connectivity index (χ1n) is 22.4. The highest BCUT2D eigenvalue weighted by Crippen LogP contribution is 2.46. The molecule has 12 aromatic carbocycles. The highest BCUT2D eigenvalue weighted by Gasteiger charge is 2.21. The molecule has 306 valence electrons. The molecule has 0 aliphatic carbocycles. The lowest BCUT2D eigenvalue weighted by molar-refractivity contribution is 0.673. The maximum Gasteiger partial charge on any atom is 0.143 e. The summed E-state index contributed by atoms with van der Waals surface area (Å²) in [5.74, 6) is 0. The van der Waals surface area contributed by atoms with E-state index in [4.69, 9.17) is 4.42 Å². The third kappa shape index (κ3) is 6.04. The summed E-state index contributed by atoms with van der Waals surface area (Å²) < 4.78 is 7.12. The van der Waals surface area contributed by atoms with E-state index < -0.39 is 0 Å². The van der Waals surface area contributed by atoms with Crippen LogP contribution >= 0.6 is 0 Å². The van der Waals surface area contributed by atoms with Crippen LogP contribution in [0.1, 0.15) is 11.1 Å².